The Bertz CT molecular complexity index is 474. The quantitative estimate of drug-likeness (QED) is 0.621. The van der Waals surface area contributed by atoms with Crippen LogP contribution in [-0.4, -0.2) is 17.9 Å². The monoisotopic (exact) mass is 431 g/mol. The molecule has 0 bridgehead atoms. The molecule has 0 saturated carbocycles. The van der Waals surface area contributed by atoms with Crippen LogP contribution in [0.5, 0.6) is 0 Å². The normalized spacial score (nSPS) is 15.4. The summed E-state index contributed by atoms with van der Waals surface area (Å²) in [6, 6.07) is 5.91. The van der Waals surface area contributed by atoms with Crippen molar-refractivity contribution in [2.45, 2.75) is 12.8 Å². The summed E-state index contributed by atoms with van der Waals surface area (Å²) in [7, 11) is 1.79. The molecule has 0 fully saturated rings. The van der Waals surface area contributed by atoms with E-state index in [2.05, 4.69) is 37.9 Å². The Morgan fingerprint density at radius 2 is 2.06 bits per heavy atom. The second-order valence-corrected chi connectivity index (χ2v) is 5.37. The van der Waals surface area contributed by atoms with Gasteiger partial charge >= 0.3 is 0 Å². The van der Waals surface area contributed by atoms with Crippen molar-refractivity contribution in [2.75, 3.05) is 7.05 Å². The van der Waals surface area contributed by atoms with Crippen molar-refractivity contribution in [1.82, 2.24) is 4.90 Å². The Hall–Kier alpha value is 0.494. The van der Waals surface area contributed by atoms with Gasteiger partial charge in [-0.05, 0) is 0 Å². The van der Waals surface area contributed by atoms with Gasteiger partial charge in [0.25, 0.3) is 0 Å². The van der Waals surface area contributed by atoms with Crippen molar-refractivity contribution in [2.24, 2.45) is 0 Å². The van der Waals surface area contributed by atoms with Crippen molar-refractivity contribution in [3.8, 4) is 0 Å². The van der Waals surface area contributed by atoms with Gasteiger partial charge < -0.3 is 4.90 Å². The number of carbonyl (C=O) groups is 1. The number of halogens is 2. The average molecular weight is 433 g/mol. The van der Waals surface area contributed by atoms with Gasteiger partial charge in [0.1, 0.15) is 0 Å². The molecule has 17 heavy (non-hydrogen) atoms. The molecule has 2 nitrogen and oxygen atoms in total. The van der Waals surface area contributed by atoms with Crippen molar-refractivity contribution < 1.29 is 37.5 Å². The fourth-order valence-electron chi connectivity index (χ4n) is 1.66. The van der Waals surface area contributed by atoms with Gasteiger partial charge in [-0.25, -0.2) is 6.08 Å². The van der Waals surface area contributed by atoms with Crippen molar-refractivity contribution in [3.63, 3.8) is 0 Å². The maximum atomic E-state index is 11.6. The van der Waals surface area contributed by atoms with Gasteiger partial charge in [0.2, 0.25) is 5.91 Å². The molecule has 0 saturated heterocycles. The third-order valence-corrected chi connectivity index (χ3v) is 3.68. The van der Waals surface area contributed by atoms with E-state index in [4.69, 9.17) is 0 Å². The van der Waals surface area contributed by atoms with Gasteiger partial charge in [-0.3, -0.25) is 4.79 Å². The molecule has 1 aromatic carbocycles. The van der Waals surface area contributed by atoms with Crippen molar-refractivity contribution in [3.05, 3.63) is 38.8 Å². The molecule has 87 valence electrons. The topological polar surface area (TPSA) is 20.3 Å². The SMILES string of the molecule is CN1C(=O)CC[C-]=C1c1ccc(Br)cc1Br.[Y]. The van der Waals surface area contributed by atoms with Crippen LogP contribution in [-0.2, 0) is 37.5 Å². The van der Waals surface area contributed by atoms with Crippen LogP contribution in [0.2, 0.25) is 0 Å². The van der Waals surface area contributed by atoms with E-state index in [0.29, 0.717) is 12.8 Å². The number of allylic oxidation sites excluding steroid dienone is 1. The minimum absolute atomic E-state index is 0. The van der Waals surface area contributed by atoms with Crippen LogP contribution in [0.3, 0.4) is 0 Å². The second kappa shape index (κ2) is 6.60. The van der Waals surface area contributed by atoms with Crippen LogP contribution in [0.15, 0.2) is 27.1 Å². The molecule has 2 rings (SSSR count). The smallest absolute Gasteiger partial charge is 0.222 e. The third kappa shape index (κ3) is 3.49. The van der Waals surface area contributed by atoms with Gasteiger partial charge in [0, 0.05) is 50.7 Å². The van der Waals surface area contributed by atoms with E-state index < -0.39 is 0 Å². The predicted molar refractivity (Wildman–Crippen MR) is 70.5 cm³/mol. The first-order valence-electron chi connectivity index (χ1n) is 4.92. The van der Waals surface area contributed by atoms with E-state index in [1.807, 2.05) is 18.2 Å². The summed E-state index contributed by atoms with van der Waals surface area (Å²) in [5.74, 6) is 0.142. The van der Waals surface area contributed by atoms with Crippen LogP contribution >= 0.6 is 31.9 Å². The number of benzene rings is 1. The number of rotatable bonds is 1. The number of carbonyl (C=O) groups excluding carboxylic acids is 1. The minimum atomic E-state index is 0. The third-order valence-electron chi connectivity index (χ3n) is 2.53. The Morgan fingerprint density at radius 1 is 1.35 bits per heavy atom. The Labute approximate surface area is 143 Å². The number of hydrogen-bond acceptors (Lipinski definition) is 1. The molecule has 0 atom stereocenters. The summed E-state index contributed by atoms with van der Waals surface area (Å²) in [5, 5.41) is 0. The van der Waals surface area contributed by atoms with Crippen LogP contribution in [0.1, 0.15) is 18.4 Å². The maximum absolute atomic E-state index is 11.6. The van der Waals surface area contributed by atoms with Crippen LogP contribution in [0, 0.1) is 6.08 Å². The summed E-state index contributed by atoms with van der Waals surface area (Å²) in [4.78, 5) is 13.3. The number of amides is 1. The largest absolute Gasteiger partial charge is 0.350 e. The van der Waals surface area contributed by atoms with Crippen molar-refractivity contribution >= 4 is 43.5 Å². The molecule has 0 N–H and O–H groups in total. The molecule has 1 radical (unpaired) electrons. The molecule has 1 heterocycles. The molecular formula is C12H10Br2NOY-. The van der Waals surface area contributed by atoms with Crippen LogP contribution in [0.25, 0.3) is 5.70 Å². The first kappa shape index (κ1) is 15.6. The summed E-state index contributed by atoms with van der Waals surface area (Å²) < 4.78 is 1.97. The van der Waals surface area contributed by atoms with Crippen molar-refractivity contribution in [1.29, 1.82) is 0 Å². The Morgan fingerprint density at radius 3 is 2.71 bits per heavy atom. The fraction of sp³-hybridized carbons (Fsp3) is 0.250. The van der Waals surface area contributed by atoms with Gasteiger partial charge in [-0.15, -0.1) is 23.7 Å². The van der Waals surface area contributed by atoms with Gasteiger partial charge in [-0.2, -0.15) is 0 Å². The van der Waals surface area contributed by atoms with E-state index >= 15 is 0 Å². The minimum Gasteiger partial charge on any atom is -0.350 e. The molecule has 1 aromatic rings. The zero-order chi connectivity index (χ0) is 11.7. The zero-order valence-corrected chi connectivity index (χ0v) is 15.3. The first-order valence-corrected chi connectivity index (χ1v) is 6.51. The summed E-state index contributed by atoms with van der Waals surface area (Å²) in [6.45, 7) is 0. The van der Waals surface area contributed by atoms with Crippen LogP contribution in [0.4, 0.5) is 0 Å². The molecule has 0 unspecified atom stereocenters. The molecule has 0 aromatic heterocycles. The summed E-state index contributed by atoms with van der Waals surface area (Å²) in [6.07, 6.45) is 4.50. The molecule has 1 aliphatic rings. The van der Waals surface area contributed by atoms with E-state index in [1.54, 1.807) is 11.9 Å². The average Bonchev–Trinajstić information content (AvgIpc) is 2.23. The van der Waals surface area contributed by atoms with Crippen LogP contribution < -0.4 is 0 Å². The van der Waals surface area contributed by atoms with Gasteiger partial charge in [0.15, 0.2) is 0 Å². The maximum Gasteiger partial charge on any atom is 0.222 e. The standard InChI is InChI=1S/C12H10Br2NO.Y/c1-15-11(3-2-4-12(15)16)9-6-5-8(13)7-10(9)14;/h5-7H,2,4H2,1H3;/q-1;. The summed E-state index contributed by atoms with van der Waals surface area (Å²) >= 11 is 6.91. The second-order valence-electron chi connectivity index (χ2n) is 3.60. The number of hydrogen-bond donors (Lipinski definition) is 0. The molecule has 0 aliphatic carbocycles. The molecule has 1 amide bonds. The fourth-order valence-corrected chi connectivity index (χ4v) is 2.89. The molecule has 1 aliphatic heterocycles. The molecular weight excluding hydrogens is 423 g/mol. The first-order chi connectivity index (χ1) is 7.59. The Balaban J connectivity index is 0.00000144. The predicted octanol–water partition coefficient (Wildman–Crippen LogP) is 3.61. The van der Waals surface area contributed by atoms with E-state index in [0.717, 1.165) is 20.2 Å². The molecule has 0 spiro atoms. The van der Waals surface area contributed by atoms with E-state index in [-0.39, 0.29) is 38.6 Å². The van der Waals surface area contributed by atoms with Gasteiger partial charge in [0.05, 0.1) is 0 Å². The Kier molecular flexibility index (Phi) is 6.04. The van der Waals surface area contributed by atoms with Gasteiger partial charge in [-0.1, -0.05) is 48.5 Å². The number of nitrogens with zero attached hydrogens (tertiary/aromatic N) is 1. The van der Waals surface area contributed by atoms with E-state index in [9.17, 15) is 4.79 Å². The summed E-state index contributed by atoms with van der Waals surface area (Å²) in [5.41, 5.74) is 1.86. The molecule has 5 heteroatoms. The van der Waals surface area contributed by atoms with E-state index in [1.165, 1.54) is 0 Å². The zero-order valence-electron chi connectivity index (χ0n) is 9.34.